The maximum atomic E-state index is 13.2. The van der Waals surface area contributed by atoms with Crippen LogP contribution in [0.1, 0.15) is 48.9 Å². The first-order chi connectivity index (χ1) is 15.5. The number of anilines is 1. The van der Waals surface area contributed by atoms with Gasteiger partial charge in [0.2, 0.25) is 5.91 Å². The van der Waals surface area contributed by atoms with E-state index in [4.69, 9.17) is 0 Å². The van der Waals surface area contributed by atoms with Gasteiger partial charge in [0.1, 0.15) is 5.78 Å². The van der Waals surface area contributed by atoms with E-state index in [-0.39, 0.29) is 23.7 Å². The van der Waals surface area contributed by atoms with E-state index in [2.05, 4.69) is 48.2 Å². The van der Waals surface area contributed by atoms with E-state index >= 15 is 0 Å². The molecular weight excluding hydrogens is 396 g/mol. The third-order valence-corrected chi connectivity index (χ3v) is 7.87. The Kier molecular flexibility index (Phi) is 4.48. The van der Waals surface area contributed by atoms with Crippen LogP contribution in [0.3, 0.4) is 0 Å². The van der Waals surface area contributed by atoms with Crippen molar-refractivity contribution >= 4 is 28.2 Å². The number of Topliss-reactive ketones (excluding diaryl/α,β-unsaturated/α-hetero) is 1. The highest BCUT2D eigenvalue weighted by atomic mass is 16.2. The van der Waals surface area contributed by atoms with Crippen LogP contribution in [0.4, 0.5) is 5.69 Å². The standard InChI is InChI=1S/C28H28N2O2/c1-28(30-24-11-3-2-6-20(24)16-22(31)18-26(30)32)12-14-29(15-13-28)25-17-21-9-4-7-19-8-5-10-23(25)27(19)21/h2-11,25H,12-18H2,1H3. The quantitative estimate of drug-likeness (QED) is 0.553. The van der Waals surface area contributed by atoms with Crippen molar-refractivity contribution in [1.82, 2.24) is 4.90 Å². The smallest absolute Gasteiger partial charge is 0.234 e. The number of ketones is 1. The number of fused-ring (bicyclic) bond motifs is 1. The molecule has 2 heterocycles. The van der Waals surface area contributed by atoms with Crippen molar-refractivity contribution in [2.24, 2.45) is 0 Å². The summed E-state index contributed by atoms with van der Waals surface area (Å²) < 4.78 is 0. The molecule has 3 aliphatic rings. The largest absolute Gasteiger partial charge is 0.306 e. The summed E-state index contributed by atoms with van der Waals surface area (Å²) in [5, 5.41) is 2.77. The summed E-state index contributed by atoms with van der Waals surface area (Å²) in [5.41, 5.74) is 4.53. The number of carbonyl (C=O) groups excluding carboxylic acids is 2. The number of amides is 1. The molecule has 0 aromatic heterocycles. The first-order valence-electron chi connectivity index (χ1n) is 11.7. The fraction of sp³-hybridized carbons (Fsp3) is 0.357. The summed E-state index contributed by atoms with van der Waals surface area (Å²) >= 11 is 0. The van der Waals surface area contributed by atoms with Crippen LogP contribution in [0.2, 0.25) is 0 Å². The molecule has 1 fully saturated rings. The Labute approximate surface area is 188 Å². The van der Waals surface area contributed by atoms with Gasteiger partial charge in [-0.15, -0.1) is 0 Å². The number of likely N-dealkylation sites (tertiary alicyclic amines) is 1. The Bertz CT molecular complexity index is 1230. The highest BCUT2D eigenvalue weighted by Crippen LogP contribution is 2.43. The Hall–Kier alpha value is -2.98. The summed E-state index contributed by atoms with van der Waals surface area (Å²) in [6, 6.07) is 21.7. The maximum absolute atomic E-state index is 13.2. The Morgan fingerprint density at radius 2 is 1.56 bits per heavy atom. The predicted molar refractivity (Wildman–Crippen MR) is 127 cm³/mol. The summed E-state index contributed by atoms with van der Waals surface area (Å²) in [6.45, 7) is 4.11. The Balaban J connectivity index is 1.28. The van der Waals surface area contributed by atoms with Crippen LogP contribution in [-0.2, 0) is 22.4 Å². The normalized spacial score (nSPS) is 22.8. The third kappa shape index (κ3) is 3.01. The van der Waals surface area contributed by atoms with E-state index < -0.39 is 0 Å². The molecule has 4 heteroatoms. The van der Waals surface area contributed by atoms with Gasteiger partial charge in [-0.3, -0.25) is 14.5 Å². The van der Waals surface area contributed by atoms with Crippen molar-refractivity contribution in [3.05, 3.63) is 77.4 Å². The molecule has 6 rings (SSSR count). The van der Waals surface area contributed by atoms with E-state index in [9.17, 15) is 9.59 Å². The van der Waals surface area contributed by atoms with Crippen molar-refractivity contribution < 1.29 is 9.59 Å². The van der Waals surface area contributed by atoms with Gasteiger partial charge in [-0.25, -0.2) is 0 Å². The molecule has 0 bridgehead atoms. The number of carbonyl (C=O) groups is 2. The average molecular weight is 425 g/mol. The molecule has 0 radical (unpaired) electrons. The number of hydrogen-bond donors (Lipinski definition) is 0. The lowest BCUT2D eigenvalue weighted by molar-refractivity contribution is -0.126. The van der Waals surface area contributed by atoms with E-state index in [1.54, 1.807) is 0 Å². The van der Waals surface area contributed by atoms with Gasteiger partial charge < -0.3 is 4.90 Å². The highest BCUT2D eigenvalue weighted by Gasteiger charge is 2.43. The zero-order chi connectivity index (χ0) is 21.9. The fourth-order valence-electron chi connectivity index (χ4n) is 6.21. The van der Waals surface area contributed by atoms with Crippen LogP contribution in [-0.4, -0.2) is 35.2 Å². The van der Waals surface area contributed by atoms with Crippen molar-refractivity contribution in [1.29, 1.82) is 0 Å². The summed E-state index contributed by atoms with van der Waals surface area (Å²) in [5.74, 6) is -0.0308. The second-order valence-corrected chi connectivity index (χ2v) is 9.87. The van der Waals surface area contributed by atoms with Gasteiger partial charge in [-0.1, -0.05) is 54.6 Å². The highest BCUT2D eigenvalue weighted by molar-refractivity contribution is 6.09. The van der Waals surface area contributed by atoms with E-state index in [1.165, 1.54) is 21.9 Å². The van der Waals surface area contributed by atoms with Gasteiger partial charge >= 0.3 is 0 Å². The molecule has 32 heavy (non-hydrogen) atoms. The molecule has 1 amide bonds. The Morgan fingerprint density at radius 3 is 2.38 bits per heavy atom. The molecule has 1 aliphatic carbocycles. The van der Waals surface area contributed by atoms with Gasteiger partial charge in [0.05, 0.1) is 6.42 Å². The van der Waals surface area contributed by atoms with Gasteiger partial charge in [-0.05, 0) is 59.7 Å². The lowest BCUT2D eigenvalue weighted by Gasteiger charge is -2.48. The second-order valence-electron chi connectivity index (χ2n) is 9.87. The minimum absolute atomic E-state index is 0.00785. The Morgan fingerprint density at radius 1 is 0.844 bits per heavy atom. The first-order valence-corrected chi connectivity index (χ1v) is 11.7. The number of nitrogens with zero attached hydrogens (tertiary/aromatic N) is 2. The molecule has 1 saturated heterocycles. The molecule has 1 atom stereocenters. The SMILES string of the molecule is CC1(N2C(=O)CC(=O)Cc3ccccc32)CCN(C2Cc3cccc4cccc2c34)CC1. The molecule has 1 unspecified atom stereocenters. The van der Waals surface area contributed by atoms with Crippen LogP contribution in [0.5, 0.6) is 0 Å². The topological polar surface area (TPSA) is 40.6 Å². The van der Waals surface area contributed by atoms with Crippen LogP contribution in [0.15, 0.2) is 60.7 Å². The molecule has 0 spiro atoms. The summed E-state index contributed by atoms with van der Waals surface area (Å²) in [7, 11) is 0. The van der Waals surface area contributed by atoms with Crippen molar-refractivity contribution in [2.45, 2.75) is 50.6 Å². The van der Waals surface area contributed by atoms with Gasteiger partial charge in [0.15, 0.2) is 0 Å². The van der Waals surface area contributed by atoms with Gasteiger partial charge in [0.25, 0.3) is 0 Å². The van der Waals surface area contributed by atoms with E-state index in [0.29, 0.717) is 12.5 Å². The maximum Gasteiger partial charge on any atom is 0.234 e. The number of hydrogen-bond acceptors (Lipinski definition) is 3. The van der Waals surface area contributed by atoms with Crippen molar-refractivity contribution in [2.75, 3.05) is 18.0 Å². The number of rotatable bonds is 2. The van der Waals surface area contributed by atoms with E-state index in [1.807, 2.05) is 29.2 Å². The zero-order valence-electron chi connectivity index (χ0n) is 18.5. The number of benzene rings is 3. The monoisotopic (exact) mass is 424 g/mol. The summed E-state index contributed by atoms with van der Waals surface area (Å²) in [4.78, 5) is 30.1. The van der Waals surface area contributed by atoms with Crippen LogP contribution >= 0.6 is 0 Å². The molecule has 3 aromatic carbocycles. The third-order valence-electron chi connectivity index (χ3n) is 7.87. The molecule has 2 aliphatic heterocycles. The fourth-order valence-corrected chi connectivity index (χ4v) is 6.21. The molecule has 0 saturated carbocycles. The van der Waals surface area contributed by atoms with Gasteiger partial charge in [0, 0.05) is 36.8 Å². The second kappa shape index (κ2) is 7.28. The van der Waals surface area contributed by atoms with E-state index in [0.717, 1.165) is 43.6 Å². The van der Waals surface area contributed by atoms with Crippen LogP contribution < -0.4 is 4.90 Å². The lowest BCUT2D eigenvalue weighted by Crippen LogP contribution is -2.56. The molecular formula is C28H28N2O2. The van der Waals surface area contributed by atoms with Crippen molar-refractivity contribution in [3.8, 4) is 0 Å². The average Bonchev–Trinajstić information content (AvgIpc) is 3.09. The minimum Gasteiger partial charge on any atom is -0.306 e. The van der Waals surface area contributed by atoms with Crippen molar-refractivity contribution in [3.63, 3.8) is 0 Å². The molecule has 162 valence electrons. The van der Waals surface area contributed by atoms with Crippen LogP contribution in [0.25, 0.3) is 10.8 Å². The zero-order valence-corrected chi connectivity index (χ0v) is 18.5. The summed E-state index contributed by atoms with van der Waals surface area (Å²) in [6.07, 6.45) is 3.24. The van der Waals surface area contributed by atoms with Gasteiger partial charge in [-0.2, -0.15) is 0 Å². The molecule has 4 nitrogen and oxygen atoms in total. The van der Waals surface area contributed by atoms with Crippen LogP contribution in [0, 0.1) is 0 Å². The number of piperidine rings is 1. The lowest BCUT2D eigenvalue weighted by atomic mass is 9.85. The predicted octanol–water partition coefficient (Wildman–Crippen LogP) is 4.84. The first kappa shape index (κ1) is 19.7. The number of para-hydroxylation sites is 1. The molecule has 0 N–H and O–H groups in total. The minimum atomic E-state index is -0.272. The molecule has 3 aromatic rings.